The van der Waals surface area contributed by atoms with E-state index in [0.29, 0.717) is 65.2 Å². The maximum Gasteiger partial charge on any atom is 0.407 e. The number of amides is 1. The van der Waals surface area contributed by atoms with Gasteiger partial charge in [0.15, 0.2) is 0 Å². The monoisotopic (exact) mass is 559 g/mol. The van der Waals surface area contributed by atoms with Gasteiger partial charge in [0.2, 0.25) is 0 Å². The molecule has 1 aliphatic heterocycles. The van der Waals surface area contributed by atoms with Crippen LogP contribution in [0.2, 0.25) is 0 Å². The average molecular weight is 560 g/mol. The number of rotatable bonds is 6. The maximum atomic E-state index is 13.7. The summed E-state index contributed by atoms with van der Waals surface area (Å²) in [5.41, 5.74) is 2.27. The van der Waals surface area contributed by atoms with Crippen molar-refractivity contribution in [2.75, 3.05) is 43.5 Å². The number of benzene rings is 2. The van der Waals surface area contributed by atoms with Crippen LogP contribution in [0, 0.1) is 0 Å². The number of methoxy groups -OCH3 is 1. The summed E-state index contributed by atoms with van der Waals surface area (Å²) in [7, 11) is -2.50. The minimum absolute atomic E-state index is 0.0587. The predicted octanol–water partition coefficient (Wildman–Crippen LogP) is 3.77. The highest BCUT2D eigenvalue weighted by molar-refractivity contribution is 7.90. The fourth-order valence-electron chi connectivity index (χ4n) is 4.81. The molecule has 40 heavy (non-hydrogen) atoms. The van der Waals surface area contributed by atoms with Gasteiger partial charge in [0.05, 0.1) is 30.0 Å². The number of fused-ring (bicyclic) bond motifs is 2. The van der Waals surface area contributed by atoms with Gasteiger partial charge < -0.3 is 25.0 Å². The number of piperazine rings is 1. The third kappa shape index (κ3) is 4.49. The van der Waals surface area contributed by atoms with E-state index in [0.717, 1.165) is 9.77 Å². The van der Waals surface area contributed by atoms with Crippen molar-refractivity contribution in [2.45, 2.75) is 4.90 Å². The van der Waals surface area contributed by atoms with E-state index in [1.807, 2.05) is 30.3 Å². The fraction of sp³-hybridized carbons (Fsp3) is 0.185. The van der Waals surface area contributed by atoms with Gasteiger partial charge >= 0.3 is 6.09 Å². The summed E-state index contributed by atoms with van der Waals surface area (Å²) in [4.78, 5) is 23.5. The molecule has 0 saturated carbocycles. The second kappa shape index (κ2) is 10.0. The molecule has 2 N–H and O–H groups in total. The Labute approximate surface area is 229 Å². The van der Waals surface area contributed by atoms with Crippen molar-refractivity contribution in [3.63, 3.8) is 0 Å². The second-order valence-corrected chi connectivity index (χ2v) is 11.0. The summed E-state index contributed by atoms with van der Waals surface area (Å²) in [6.45, 7) is 2.00. The summed E-state index contributed by atoms with van der Waals surface area (Å²) in [5.74, 6) is 0.963. The Morgan fingerprint density at radius 1 is 0.975 bits per heavy atom. The minimum Gasteiger partial charge on any atom is -0.494 e. The van der Waals surface area contributed by atoms with Crippen molar-refractivity contribution in [3.05, 3.63) is 73.2 Å². The van der Waals surface area contributed by atoms with Gasteiger partial charge in [-0.15, -0.1) is 0 Å². The quantitative estimate of drug-likeness (QED) is 0.316. The molecule has 12 nitrogen and oxygen atoms in total. The van der Waals surface area contributed by atoms with Gasteiger partial charge in [-0.1, -0.05) is 18.2 Å². The van der Waals surface area contributed by atoms with Gasteiger partial charge in [-0.25, -0.2) is 9.78 Å². The van der Waals surface area contributed by atoms with Crippen LogP contribution in [0.3, 0.4) is 0 Å². The molecule has 3 aromatic heterocycles. The molecule has 0 atom stereocenters. The molecule has 5 aromatic rings. The number of carbonyl (C=O) groups is 1. The van der Waals surface area contributed by atoms with E-state index < -0.39 is 16.1 Å². The topological polar surface area (TPSA) is 143 Å². The van der Waals surface area contributed by atoms with Gasteiger partial charge in [-0.05, 0) is 24.3 Å². The molecule has 1 saturated heterocycles. The smallest absolute Gasteiger partial charge is 0.407 e. The standard InChI is InChI=1S/C27H25N7O5S/c1-39-23-14-20(32-10-12-33(13-11-32)27(35)36)7-8-21(23)31-25-15-22-19(16-29-25)17-30-34(22)40(37,38)24-6-2-4-18-5-3-9-28-26(18)24/h2-9,14-17H,10-13H2,1H3,(H,29,31)(H,35,36). The lowest BCUT2D eigenvalue weighted by Crippen LogP contribution is -2.48. The molecule has 0 aliphatic carbocycles. The molecule has 0 radical (unpaired) electrons. The number of hydrogen-bond acceptors (Lipinski definition) is 9. The van der Waals surface area contributed by atoms with Crippen molar-refractivity contribution in [3.8, 4) is 5.75 Å². The summed E-state index contributed by atoms with van der Waals surface area (Å²) in [6.07, 6.45) is 3.66. The first kappa shape index (κ1) is 25.4. The molecular weight excluding hydrogens is 534 g/mol. The third-order valence-electron chi connectivity index (χ3n) is 6.88. The van der Waals surface area contributed by atoms with Crippen LogP contribution in [0.25, 0.3) is 21.8 Å². The highest BCUT2D eigenvalue weighted by Crippen LogP contribution is 2.33. The van der Waals surface area contributed by atoms with Crippen LogP contribution < -0.4 is 15.0 Å². The van der Waals surface area contributed by atoms with E-state index in [9.17, 15) is 18.3 Å². The first-order chi connectivity index (χ1) is 19.3. The van der Waals surface area contributed by atoms with Crippen LogP contribution in [0.5, 0.6) is 5.75 Å². The van der Waals surface area contributed by atoms with Crippen LogP contribution in [-0.2, 0) is 10.0 Å². The number of aromatic nitrogens is 4. The zero-order chi connectivity index (χ0) is 27.9. The molecule has 13 heteroatoms. The largest absolute Gasteiger partial charge is 0.494 e. The van der Waals surface area contributed by atoms with Crippen molar-refractivity contribution in [1.82, 2.24) is 24.1 Å². The number of ether oxygens (including phenoxy) is 1. The van der Waals surface area contributed by atoms with Gasteiger partial charge in [-0.3, -0.25) is 4.98 Å². The van der Waals surface area contributed by atoms with E-state index in [1.54, 1.807) is 37.7 Å². The molecule has 6 rings (SSSR count). The van der Waals surface area contributed by atoms with Crippen molar-refractivity contribution >= 4 is 55.1 Å². The number of anilines is 3. The van der Waals surface area contributed by atoms with Crippen LogP contribution in [-0.4, -0.2) is 77.0 Å². The van der Waals surface area contributed by atoms with E-state index in [-0.39, 0.29) is 4.90 Å². The van der Waals surface area contributed by atoms with E-state index in [4.69, 9.17) is 4.74 Å². The molecule has 4 heterocycles. The number of hydrogen-bond donors (Lipinski definition) is 2. The van der Waals surface area contributed by atoms with Gasteiger partial charge in [-0.2, -0.15) is 17.6 Å². The Bertz CT molecular complexity index is 1840. The maximum absolute atomic E-state index is 13.7. The van der Waals surface area contributed by atoms with E-state index in [2.05, 4.69) is 25.3 Å². The van der Waals surface area contributed by atoms with E-state index in [1.165, 1.54) is 17.2 Å². The highest BCUT2D eigenvalue weighted by Gasteiger charge is 2.24. The summed E-state index contributed by atoms with van der Waals surface area (Å²) >= 11 is 0. The summed E-state index contributed by atoms with van der Waals surface area (Å²) < 4.78 is 34.0. The summed E-state index contributed by atoms with van der Waals surface area (Å²) in [5, 5.41) is 17.9. The first-order valence-electron chi connectivity index (χ1n) is 12.5. The van der Waals surface area contributed by atoms with Crippen molar-refractivity contribution in [2.24, 2.45) is 0 Å². The SMILES string of the molecule is COc1cc(N2CCN(C(=O)O)CC2)ccc1Nc1cc2c(cn1)cnn2S(=O)(=O)c1cccc2cccnc12. The molecule has 2 aromatic carbocycles. The highest BCUT2D eigenvalue weighted by atomic mass is 32.2. The molecule has 0 spiro atoms. The molecule has 1 amide bonds. The zero-order valence-electron chi connectivity index (χ0n) is 21.4. The van der Waals surface area contributed by atoms with Crippen LogP contribution >= 0.6 is 0 Å². The number of pyridine rings is 2. The predicted molar refractivity (Wildman–Crippen MR) is 150 cm³/mol. The molecule has 1 fully saturated rings. The van der Waals surface area contributed by atoms with Crippen LogP contribution in [0.4, 0.5) is 22.0 Å². The number of para-hydroxylation sites is 1. The molecule has 0 unspecified atom stereocenters. The Balaban J connectivity index is 1.30. The number of carboxylic acid groups (broad SMARTS) is 1. The molecular formula is C27H25N7O5S. The first-order valence-corrected chi connectivity index (χ1v) is 13.9. The Morgan fingerprint density at radius 3 is 2.55 bits per heavy atom. The lowest BCUT2D eigenvalue weighted by atomic mass is 10.2. The van der Waals surface area contributed by atoms with Gasteiger partial charge in [0.1, 0.15) is 16.5 Å². The van der Waals surface area contributed by atoms with Gasteiger partial charge in [0.25, 0.3) is 10.0 Å². The van der Waals surface area contributed by atoms with E-state index >= 15 is 0 Å². The van der Waals surface area contributed by atoms with Gasteiger partial charge in [0, 0.05) is 67.2 Å². The second-order valence-electron chi connectivity index (χ2n) is 9.22. The lowest BCUT2D eigenvalue weighted by molar-refractivity contribution is 0.142. The Kier molecular flexibility index (Phi) is 6.34. The normalized spacial score (nSPS) is 14.0. The molecule has 204 valence electrons. The minimum atomic E-state index is -4.06. The summed E-state index contributed by atoms with van der Waals surface area (Å²) in [6, 6.07) is 15.8. The Morgan fingerprint density at radius 2 is 1.77 bits per heavy atom. The number of nitrogens with one attached hydrogen (secondary N) is 1. The van der Waals surface area contributed by atoms with Crippen molar-refractivity contribution in [1.29, 1.82) is 0 Å². The molecule has 0 bridgehead atoms. The molecule has 1 aliphatic rings. The Hall–Kier alpha value is -4.91. The van der Waals surface area contributed by atoms with Crippen LogP contribution in [0.15, 0.2) is 78.1 Å². The van der Waals surface area contributed by atoms with Crippen molar-refractivity contribution < 1.29 is 23.1 Å². The lowest BCUT2D eigenvalue weighted by Gasteiger charge is -2.34. The van der Waals surface area contributed by atoms with Crippen LogP contribution in [0.1, 0.15) is 0 Å². The zero-order valence-corrected chi connectivity index (χ0v) is 22.2. The fourth-order valence-corrected chi connectivity index (χ4v) is 6.25. The average Bonchev–Trinajstić information content (AvgIpc) is 3.41. The number of nitrogens with zero attached hydrogens (tertiary/aromatic N) is 6. The third-order valence-corrected chi connectivity index (χ3v) is 8.52.